The number of amides is 4. The molecule has 0 fully saturated rings. The van der Waals surface area contributed by atoms with Gasteiger partial charge in [-0.2, -0.15) is 5.10 Å². The van der Waals surface area contributed by atoms with Crippen LogP contribution in [0.2, 0.25) is 0 Å². The Morgan fingerprint density at radius 1 is 1.10 bits per heavy atom. The molecule has 0 aliphatic heterocycles. The number of aromatic nitrogens is 2. The van der Waals surface area contributed by atoms with Crippen molar-refractivity contribution in [2.24, 2.45) is 5.92 Å². The predicted molar refractivity (Wildman–Crippen MR) is 113 cm³/mol. The molecule has 2 aromatic rings. The Hall–Kier alpha value is -3.49. The van der Waals surface area contributed by atoms with Gasteiger partial charge in [0.1, 0.15) is 0 Å². The minimum atomic E-state index is -0.567. The fourth-order valence-corrected chi connectivity index (χ4v) is 2.76. The Morgan fingerprint density at radius 3 is 2.31 bits per heavy atom. The van der Waals surface area contributed by atoms with Crippen LogP contribution in [0, 0.1) is 16.7 Å². The van der Waals surface area contributed by atoms with Crippen LogP contribution >= 0.6 is 0 Å². The average Bonchev–Trinajstić information content (AvgIpc) is 3.13. The van der Waals surface area contributed by atoms with Crippen LogP contribution in [0.25, 0.3) is 0 Å². The fraction of sp³-hybridized carbons (Fsp3) is 0.350. The fourth-order valence-electron chi connectivity index (χ4n) is 2.76. The molecule has 0 atom stereocenters. The van der Waals surface area contributed by atoms with Gasteiger partial charge < -0.3 is 21.5 Å². The molecule has 2 rings (SSSR count). The highest BCUT2D eigenvalue weighted by atomic mass is 16.2. The van der Waals surface area contributed by atoms with Crippen molar-refractivity contribution in [3.63, 3.8) is 0 Å². The average molecular weight is 397 g/mol. The van der Waals surface area contributed by atoms with E-state index in [1.807, 2.05) is 30.3 Å². The molecule has 0 radical (unpaired) electrons. The van der Waals surface area contributed by atoms with E-state index < -0.39 is 12.1 Å². The molecule has 0 unspecified atom stereocenters. The van der Waals surface area contributed by atoms with Gasteiger partial charge in [0, 0.05) is 30.7 Å². The lowest BCUT2D eigenvalue weighted by Crippen LogP contribution is -2.48. The van der Waals surface area contributed by atoms with Crippen LogP contribution in [0.1, 0.15) is 26.3 Å². The third-order valence-corrected chi connectivity index (χ3v) is 4.31. The van der Waals surface area contributed by atoms with Crippen molar-refractivity contribution in [1.29, 1.82) is 10.8 Å². The molecule has 0 aliphatic rings. The SMILES string of the molecule is CCNC(=O)N(C(=O)NCc1ccccc1)c1cnn(CC(C(C)=N)C(C)=N)c1. The van der Waals surface area contributed by atoms with Gasteiger partial charge in [-0.1, -0.05) is 30.3 Å². The highest BCUT2D eigenvalue weighted by molar-refractivity contribution is 6.13. The maximum absolute atomic E-state index is 12.7. The molecule has 0 spiro atoms. The van der Waals surface area contributed by atoms with E-state index in [4.69, 9.17) is 10.8 Å². The van der Waals surface area contributed by atoms with Gasteiger partial charge in [0.2, 0.25) is 0 Å². The third-order valence-electron chi connectivity index (χ3n) is 4.31. The Bertz CT molecular complexity index is 862. The number of nitrogens with zero attached hydrogens (tertiary/aromatic N) is 3. The number of nitrogens with one attached hydrogen (secondary N) is 4. The largest absolute Gasteiger partial charge is 0.338 e. The van der Waals surface area contributed by atoms with Crippen LogP contribution in [0.5, 0.6) is 0 Å². The summed E-state index contributed by atoms with van der Waals surface area (Å²) in [5.74, 6) is -0.382. The monoisotopic (exact) mass is 397 g/mol. The standard InChI is InChI=1S/C20H27N7O2/c1-4-23-19(28)27(20(29)24-10-16-8-6-5-7-9-16)17-11-25-26(12-17)13-18(14(2)21)15(3)22/h5-9,11-12,18,21-22H,4,10,13H2,1-3H3,(H,23,28)(H,24,29). The molecule has 0 aliphatic carbocycles. The quantitative estimate of drug-likeness (QED) is 0.511. The molecule has 29 heavy (non-hydrogen) atoms. The number of benzene rings is 1. The van der Waals surface area contributed by atoms with Gasteiger partial charge in [0.15, 0.2) is 0 Å². The van der Waals surface area contributed by atoms with Gasteiger partial charge in [-0.25, -0.2) is 14.5 Å². The summed E-state index contributed by atoms with van der Waals surface area (Å²) in [6, 6.07) is 8.28. The summed E-state index contributed by atoms with van der Waals surface area (Å²) in [6.07, 6.45) is 2.99. The van der Waals surface area contributed by atoms with E-state index in [9.17, 15) is 9.59 Å². The maximum atomic E-state index is 12.7. The van der Waals surface area contributed by atoms with E-state index in [1.54, 1.807) is 27.0 Å². The molecule has 9 nitrogen and oxygen atoms in total. The second-order valence-electron chi connectivity index (χ2n) is 6.65. The van der Waals surface area contributed by atoms with E-state index in [2.05, 4.69) is 15.7 Å². The number of carbonyl (C=O) groups is 2. The van der Waals surface area contributed by atoms with E-state index in [0.717, 1.165) is 10.5 Å². The van der Waals surface area contributed by atoms with Crippen LogP contribution < -0.4 is 15.5 Å². The molecule has 0 bridgehead atoms. The van der Waals surface area contributed by atoms with Gasteiger partial charge in [-0.3, -0.25) is 4.68 Å². The molecule has 154 valence electrons. The maximum Gasteiger partial charge on any atom is 0.330 e. The molecule has 1 heterocycles. The van der Waals surface area contributed by atoms with Gasteiger partial charge in [0.05, 0.1) is 24.3 Å². The second kappa shape index (κ2) is 10.2. The van der Waals surface area contributed by atoms with Gasteiger partial charge in [0.25, 0.3) is 0 Å². The first-order valence-corrected chi connectivity index (χ1v) is 9.35. The van der Waals surface area contributed by atoms with E-state index >= 15 is 0 Å². The minimum absolute atomic E-state index is 0.284. The number of imide groups is 1. The number of rotatable bonds is 8. The summed E-state index contributed by atoms with van der Waals surface area (Å²) in [5.41, 5.74) is 1.94. The Balaban J connectivity index is 2.18. The van der Waals surface area contributed by atoms with Crippen molar-refractivity contribution in [2.45, 2.75) is 33.9 Å². The van der Waals surface area contributed by atoms with Crippen molar-refractivity contribution in [2.75, 3.05) is 11.4 Å². The van der Waals surface area contributed by atoms with Crippen LogP contribution in [0.15, 0.2) is 42.7 Å². The van der Waals surface area contributed by atoms with Gasteiger partial charge in [-0.05, 0) is 26.3 Å². The van der Waals surface area contributed by atoms with E-state index in [1.165, 1.54) is 10.9 Å². The third kappa shape index (κ3) is 6.00. The van der Waals surface area contributed by atoms with Crippen molar-refractivity contribution in [3.8, 4) is 0 Å². The first-order valence-electron chi connectivity index (χ1n) is 9.35. The molecule has 4 N–H and O–H groups in total. The molecule has 1 aromatic carbocycles. The van der Waals surface area contributed by atoms with Crippen LogP contribution in [0.3, 0.4) is 0 Å². The molecule has 9 heteroatoms. The van der Waals surface area contributed by atoms with Crippen molar-refractivity contribution in [3.05, 3.63) is 48.3 Å². The van der Waals surface area contributed by atoms with Gasteiger partial charge in [-0.15, -0.1) is 0 Å². The van der Waals surface area contributed by atoms with Crippen LogP contribution in [-0.2, 0) is 13.1 Å². The van der Waals surface area contributed by atoms with Crippen molar-refractivity contribution in [1.82, 2.24) is 20.4 Å². The highest BCUT2D eigenvalue weighted by Crippen LogP contribution is 2.16. The summed E-state index contributed by atoms with van der Waals surface area (Å²) in [6.45, 7) is 6.00. The number of carbonyl (C=O) groups excluding carboxylic acids is 2. The molecular formula is C20H27N7O2. The summed E-state index contributed by atoms with van der Waals surface area (Å²) >= 11 is 0. The Labute approximate surface area is 170 Å². The second-order valence-corrected chi connectivity index (χ2v) is 6.65. The summed E-state index contributed by atoms with van der Waals surface area (Å²) in [4.78, 5) is 26.2. The van der Waals surface area contributed by atoms with Crippen molar-refractivity contribution >= 4 is 29.2 Å². The lowest BCUT2D eigenvalue weighted by molar-refractivity contribution is 0.234. The van der Waals surface area contributed by atoms with Crippen molar-refractivity contribution < 1.29 is 9.59 Å². The molecule has 0 saturated carbocycles. The minimum Gasteiger partial charge on any atom is -0.338 e. The van der Waals surface area contributed by atoms with Gasteiger partial charge >= 0.3 is 12.1 Å². The number of anilines is 1. The smallest absolute Gasteiger partial charge is 0.330 e. The number of hydrogen-bond acceptors (Lipinski definition) is 5. The Kier molecular flexibility index (Phi) is 7.64. The lowest BCUT2D eigenvalue weighted by atomic mass is 10.00. The zero-order chi connectivity index (χ0) is 21.4. The number of urea groups is 2. The van der Waals surface area contributed by atoms with E-state index in [0.29, 0.717) is 30.2 Å². The first-order chi connectivity index (χ1) is 13.8. The molecule has 4 amide bonds. The Morgan fingerprint density at radius 2 is 1.72 bits per heavy atom. The zero-order valence-electron chi connectivity index (χ0n) is 16.9. The lowest BCUT2D eigenvalue weighted by Gasteiger charge is -2.20. The zero-order valence-corrected chi connectivity index (χ0v) is 16.9. The predicted octanol–water partition coefficient (Wildman–Crippen LogP) is 3.02. The van der Waals surface area contributed by atoms with Crippen LogP contribution in [-0.4, -0.2) is 39.8 Å². The first kappa shape index (κ1) is 21.8. The summed E-state index contributed by atoms with van der Waals surface area (Å²) in [7, 11) is 0. The summed E-state index contributed by atoms with van der Waals surface area (Å²) in [5, 5.41) is 25.2. The summed E-state index contributed by atoms with van der Waals surface area (Å²) < 4.78 is 1.53. The van der Waals surface area contributed by atoms with Crippen LogP contribution in [0.4, 0.5) is 15.3 Å². The molecule has 1 aromatic heterocycles. The van der Waals surface area contributed by atoms with E-state index in [-0.39, 0.29) is 12.5 Å². The number of hydrogen-bond donors (Lipinski definition) is 4. The molecule has 0 saturated heterocycles. The molecular weight excluding hydrogens is 370 g/mol. The highest BCUT2D eigenvalue weighted by Gasteiger charge is 2.25. The topological polar surface area (TPSA) is 127 Å². The normalized spacial score (nSPS) is 11.4.